The van der Waals surface area contributed by atoms with Gasteiger partial charge in [-0.3, -0.25) is 4.79 Å². The van der Waals surface area contributed by atoms with Gasteiger partial charge in [-0.05, 0) is 18.6 Å². The van der Waals surface area contributed by atoms with Gasteiger partial charge in [0.15, 0.2) is 0 Å². The summed E-state index contributed by atoms with van der Waals surface area (Å²) in [6.07, 6.45) is 11.6. The molecule has 0 aliphatic carbocycles. The van der Waals surface area contributed by atoms with Crippen molar-refractivity contribution in [2.45, 2.75) is 64.7 Å². The van der Waals surface area contributed by atoms with Gasteiger partial charge < -0.3 is 10.1 Å². The number of amides is 1. The third-order valence-electron chi connectivity index (χ3n) is 3.84. The van der Waals surface area contributed by atoms with Crippen LogP contribution in [-0.2, 0) is 9.53 Å². The van der Waals surface area contributed by atoms with Crippen molar-refractivity contribution in [1.29, 1.82) is 0 Å². The van der Waals surface area contributed by atoms with Crippen molar-refractivity contribution in [2.24, 2.45) is 0 Å². The number of rotatable bonds is 13. The molecule has 0 saturated heterocycles. The Bertz CT molecular complexity index is 460. The molecule has 1 rings (SSSR count). The molecule has 1 amide bonds. The SMILES string of the molecule is CCCCCCCCCCCOC(=O)c1ccccc1NC=O. The molecule has 1 aromatic carbocycles. The Morgan fingerprint density at radius 2 is 1.61 bits per heavy atom. The highest BCUT2D eigenvalue weighted by Crippen LogP contribution is 2.16. The van der Waals surface area contributed by atoms with Crippen molar-refractivity contribution in [3.63, 3.8) is 0 Å². The maximum absolute atomic E-state index is 12.0. The predicted octanol–water partition coefficient (Wildman–Crippen LogP) is 4.94. The van der Waals surface area contributed by atoms with Crippen LogP contribution in [0.2, 0.25) is 0 Å². The number of carbonyl (C=O) groups excluding carboxylic acids is 2. The van der Waals surface area contributed by atoms with Crippen molar-refractivity contribution >= 4 is 18.1 Å². The van der Waals surface area contributed by atoms with Crippen LogP contribution in [0.5, 0.6) is 0 Å². The van der Waals surface area contributed by atoms with Gasteiger partial charge in [-0.15, -0.1) is 0 Å². The molecule has 0 atom stereocenters. The molecule has 23 heavy (non-hydrogen) atoms. The second kappa shape index (κ2) is 12.7. The smallest absolute Gasteiger partial charge is 0.340 e. The third-order valence-corrected chi connectivity index (χ3v) is 3.84. The molecule has 0 saturated carbocycles. The van der Waals surface area contributed by atoms with E-state index in [9.17, 15) is 9.59 Å². The molecule has 4 heteroatoms. The summed E-state index contributed by atoms with van der Waals surface area (Å²) in [4.78, 5) is 22.5. The van der Waals surface area contributed by atoms with Crippen LogP contribution < -0.4 is 5.32 Å². The second-order valence-electron chi connectivity index (χ2n) is 5.77. The monoisotopic (exact) mass is 319 g/mol. The van der Waals surface area contributed by atoms with Crippen LogP contribution in [0.15, 0.2) is 24.3 Å². The summed E-state index contributed by atoms with van der Waals surface area (Å²) in [5.74, 6) is -0.380. The molecule has 0 aliphatic heterocycles. The normalized spacial score (nSPS) is 10.3. The molecule has 0 fully saturated rings. The van der Waals surface area contributed by atoms with E-state index in [1.165, 1.54) is 44.9 Å². The lowest BCUT2D eigenvalue weighted by atomic mass is 10.1. The van der Waals surface area contributed by atoms with E-state index in [4.69, 9.17) is 4.74 Å². The fourth-order valence-corrected chi connectivity index (χ4v) is 2.51. The van der Waals surface area contributed by atoms with E-state index in [-0.39, 0.29) is 5.97 Å². The van der Waals surface area contributed by atoms with E-state index < -0.39 is 0 Å². The van der Waals surface area contributed by atoms with E-state index >= 15 is 0 Å². The first-order valence-corrected chi connectivity index (χ1v) is 8.76. The minimum atomic E-state index is -0.380. The fourth-order valence-electron chi connectivity index (χ4n) is 2.51. The Labute approximate surface area is 139 Å². The molecule has 0 aliphatic rings. The van der Waals surface area contributed by atoms with Crippen molar-refractivity contribution in [1.82, 2.24) is 0 Å². The van der Waals surface area contributed by atoms with Crippen molar-refractivity contribution in [3.8, 4) is 0 Å². The van der Waals surface area contributed by atoms with Gasteiger partial charge in [0, 0.05) is 0 Å². The number of hydrogen-bond acceptors (Lipinski definition) is 3. The first-order valence-electron chi connectivity index (χ1n) is 8.76. The van der Waals surface area contributed by atoms with E-state index in [2.05, 4.69) is 12.2 Å². The highest BCUT2D eigenvalue weighted by molar-refractivity contribution is 5.97. The Morgan fingerprint density at radius 1 is 1.00 bits per heavy atom. The zero-order valence-corrected chi connectivity index (χ0v) is 14.2. The summed E-state index contributed by atoms with van der Waals surface area (Å²) in [6, 6.07) is 6.86. The van der Waals surface area contributed by atoms with E-state index in [1.807, 2.05) is 0 Å². The van der Waals surface area contributed by atoms with E-state index in [0.717, 1.165) is 12.8 Å². The summed E-state index contributed by atoms with van der Waals surface area (Å²) in [5, 5.41) is 2.51. The summed E-state index contributed by atoms with van der Waals surface area (Å²) < 4.78 is 5.28. The number of ether oxygens (including phenoxy) is 1. The average molecular weight is 319 g/mol. The lowest BCUT2D eigenvalue weighted by Crippen LogP contribution is -2.10. The highest BCUT2D eigenvalue weighted by Gasteiger charge is 2.11. The van der Waals surface area contributed by atoms with Crippen molar-refractivity contribution in [2.75, 3.05) is 11.9 Å². The molecule has 4 nitrogen and oxygen atoms in total. The molecule has 0 radical (unpaired) electrons. The van der Waals surface area contributed by atoms with Crippen LogP contribution in [0.3, 0.4) is 0 Å². The number of unbranched alkanes of at least 4 members (excludes halogenated alkanes) is 8. The van der Waals surface area contributed by atoms with Crippen LogP contribution in [-0.4, -0.2) is 19.0 Å². The quantitative estimate of drug-likeness (QED) is 0.318. The summed E-state index contributed by atoms with van der Waals surface area (Å²) in [7, 11) is 0. The predicted molar refractivity (Wildman–Crippen MR) is 93.6 cm³/mol. The topological polar surface area (TPSA) is 55.4 Å². The maximum Gasteiger partial charge on any atom is 0.340 e. The lowest BCUT2D eigenvalue weighted by molar-refractivity contribution is -0.105. The summed E-state index contributed by atoms with van der Waals surface area (Å²) in [5.41, 5.74) is 0.884. The molecule has 1 N–H and O–H groups in total. The van der Waals surface area contributed by atoms with Crippen LogP contribution >= 0.6 is 0 Å². The molecule has 0 unspecified atom stereocenters. The first-order chi connectivity index (χ1) is 11.3. The third kappa shape index (κ3) is 8.38. The van der Waals surface area contributed by atoms with Gasteiger partial charge in [0.1, 0.15) is 0 Å². The standard InChI is InChI=1S/C19H29NO3/c1-2-3-4-5-6-7-8-9-12-15-23-19(22)17-13-10-11-14-18(17)20-16-21/h10-11,13-14,16H,2-9,12,15H2,1H3,(H,20,21). The van der Waals surface area contributed by atoms with E-state index in [0.29, 0.717) is 24.3 Å². The number of benzene rings is 1. The van der Waals surface area contributed by atoms with Crippen LogP contribution in [0.1, 0.15) is 75.1 Å². The van der Waals surface area contributed by atoms with Crippen molar-refractivity contribution < 1.29 is 14.3 Å². The maximum atomic E-state index is 12.0. The van der Waals surface area contributed by atoms with Crippen LogP contribution in [0.4, 0.5) is 5.69 Å². The van der Waals surface area contributed by atoms with Crippen molar-refractivity contribution in [3.05, 3.63) is 29.8 Å². The van der Waals surface area contributed by atoms with Gasteiger partial charge in [0.25, 0.3) is 0 Å². The number of para-hydroxylation sites is 1. The molecular weight excluding hydrogens is 290 g/mol. The Balaban J connectivity index is 2.12. The molecule has 0 spiro atoms. The molecule has 0 aromatic heterocycles. The first kappa shape index (κ1) is 19.2. The second-order valence-corrected chi connectivity index (χ2v) is 5.77. The molecule has 128 valence electrons. The number of esters is 1. The van der Waals surface area contributed by atoms with Gasteiger partial charge in [-0.2, -0.15) is 0 Å². The molecular formula is C19H29NO3. The molecule has 1 aromatic rings. The zero-order chi connectivity index (χ0) is 16.8. The number of nitrogens with one attached hydrogen (secondary N) is 1. The Kier molecular flexibility index (Phi) is 10.6. The van der Waals surface area contributed by atoms with Gasteiger partial charge in [-0.25, -0.2) is 4.79 Å². The minimum absolute atomic E-state index is 0.380. The Hall–Kier alpha value is -1.84. The number of anilines is 1. The largest absolute Gasteiger partial charge is 0.462 e. The molecule has 0 heterocycles. The minimum Gasteiger partial charge on any atom is -0.462 e. The van der Waals surface area contributed by atoms with Gasteiger partial charge in [0.2, 0.25) is 6.41 Å². The van der Waals surface area contributed by atoms with Gasteiger partial charge >= 0.3 is 5.97 Å². The molecule has 0 bridgehead atoms. The van der Waals surface area contributed by atoms with E-state index in [1.54, 1.807) is 24.3 Å². The lowest BCUT2D eigenvalue weighted by Gasteiger charge is -2.08. The van der Waals surface area contributed by atoms with Gasteiger partial charge in [0.05, 0.1) is 17.9 Å². The van der Waals surface area contributed by atoms with Gasteiger partial charge in [-0.1, -0.05) is 70.4 Å². The fraction of sp³-hybridized carbons (Fsp3) is 0.579. The Morgan fingerprint density at radius 3 is 2.26 bits per heavy atom. The summed E-state index contributed by atoms with van der Waals surface area (Å²) >= 11 is 0. The summed E-state index contributed by atoms with van der Waals surface area (Å²) in [6.45, 7) is 2.67. The van der Waals surface area contributed by atoms with Crippen LogP contribution in [0, 0.1) is 0 Å². The average Bonchev–Trinajstić information content (AvgIpc) is 2.57. The van der Waals surface area contributed by atoms with Crippen LogP contribution in [0.25, 0.3) is 0 Å². The zero-order valence-electron chi connectivity index (χ0n) is 14.2. The highest BCUT2D eigenvalue weighted by atomic mass is 16.5. The number of hydrogen-bond donors (Lipinski definition) is 1. The number of carbonyl (C=O) groups is 2.